The molecule has 0 saturated carbocycles. The number of morpholine rings is 1. The Morgan fingerprint density at radius 2 is 1.67 bits per heavy atom. The molecule has 2 fully saturated rings. The number of nitrogens with zero attached hydrogens (tertiary/aromatic N) is 2. The number of ketones is 2. The predicted molar refractivity (Wildman–Crippen MR) is 168 cm³/mol. The van der Waals surface area contributed by atoms with Gasteiger partial charge in [-0.3, -0.25) is 24.1 Å². The summed E-state index contributed by atoms with van der Waals surface area (Å²) < 4.78 is 11.6. The zero-order chi connectivity index (χ0) is 31.0. The maximum absolute atomic E-state index is 14.2. The van der Waals surface area contributed by atoms with Gasteiger partial charge >= 0.3 is 0 Å². The van der Waals surface area contributed by atoms with Crippen LogP contribution in [0.15, 0.2) is 87.7 Å². The minimum Gasteiger partial charge on any atom is -0.508 e. The zero-order valence-corrected chi connectivity index (χ0v) is 25.8. The van der Waals surface area contributed by atoms with Gasteiger partial charge in [0.25, 0.3) is 0 Å². The van der Waals surface area contributed by atoms with Crippen LogP contribution in [-0.4, -0.2) is 54.8 Å². The lowest BCUT2D eigenvalue weighted by atomic mass is 9.59. The van der Waals surface area contributed by atoms with E-state index < -0.39 is 23.7 Å². The molecule has 0 aromatic heterocycles. The molecule has 8 rings (SSSR count). The van der Waals surface area contributed by atoms with E-state index in [0.717, 1.165) is 35.5 Å². The van der Waals surface area contributed by atoms with E-state index in [1.807, 2.05) is 30.3 Å². The molecule has 0 bridgehead atoms. The summed E-state index contributed by atoms with van der Waals surface area (Å²) in [6, 6.07) is 12.4. The minimum atomic E-state index is -0.665. The van der Waals surface area contributed by atoms with Crippen LogP contribution in [0.4, 0.5) is 11.4 Å². The maximum Gasteiger partial charge on any atom is 0.238 e. The lowest BCUT2D eigenvalue weighted by Crippen LogP contribution is -2.41. The largest absolute Gasteiger partial charge is 0.508 e. The molecule has 10 heteroatoms. The van der Waals surface area contributed by atoms with Crippen LogP contribution in [0.5, 0.6) is 11.5 Å². The summed E-state index contributed by atoms with van der Waals surface area (Å²) in [5.41, 5.74) is 4.69. The van der Waals surface area contributed by atoms with Gasteiger partial charge in [0.2, 0.25) is 11.8 Å². The van der Waals surface area contributed by atoms with Crippen molar-refractivity contribution < 1.29 is 33.8 Å². The van der Waals surface area contributed by atoms with Crippen molar-refractivity contribution in [3.8, 4) is 11.5 Å². The molecule has 0 radical (unpaired) electrons. The summed E-state index contributed by atoms with van der Waals surface area (Å²) in [5.74, 6) is -2.61. The smallest absolute Gasteiger partial charge is 0.238 e. The molecule has 45 heavy (non-hydrogen) atoms. The fraction of sp³-hybridized carbons (Fsp3) is 0.314. The molecule has 228 valence electrons. The van der Waals surface area contributed by atoms with E-state index in [0.29, 0.717) is 48.6 Å². The second-order valence-corrected chi connectivity index (χ2v) is 13.2. The third kappa shape index (κ3) is 4.45. The number of fused-ring (bicyclic) bond motifs is 4. The summed E-state index contributed by atoms with van der Waals surface area (Å²) in [5, 5.41) is 10.1. The first-order chi connectivity index (χ1) is 21.8. The highest BCUT2D eigenvalue weighted by Crippen LogP contribution is 2.55. The average Bonchev–Trinajstić information content (AvgIpc) is 3.32. The van der Waals surface area contributed by atoms with Crippen molar-refractivity contribution in [2.24, 2.45) is 23.7 Å². The Morgan fingerprint density at radius 3 is 2.44 bits per heavy atom. The summed E-state index contributed by atoms with van der Waals surface area (Å²) in [7, 11) is 0. The van der Waals surface area contributed by atoms with E-state index >= 15 is 0 Å². The minimum absolute atomic E-state index is 0.101. The number of hydrogen-bond acceptors (Lipinski definition) is 8. The van der Waals surface area contributed by atoms with E-state index in [9.17, 15) is 24.3 Å². The monoisotopic (exact) mass is 668 g/mol. The Morgan fingerprint density at radius 1 is 0.911 bits per heavy atom. The molecular weight excluding hydrogens is 640 g/mol. The highest BCUT2D eigenvalue weighted by Gasteiger charge is 2.57. The highest BCUT2D eigenvalue weighted by atomic mass is 79.9. The molecule has 0 spiro atoms. The number of carbonyl (C=O) groups is 4. The van der Waals surface area contributed by atoms with Crippen molar-refractivity contribution in [1.82, 2.24) is 0 Å². The first-order valence-electron chi connectivity index (χ1n) is 15.2. The van der Waals surface area contributed by atoms with Crippen molar-refractivity contribution in [3.05, 3.63) is 93.2 Å². The van der Waals surface area contributed by atoms with E-state index in [4.69, 9.17) is 9.47 Å². The van der Waals surface area contributed by atoms with Gasteiger partial charge in [-0.05, 0) is 82.7 Å². The van der Waals surface area contributed by atoms with Gasteiger partial charge in [-0.25, -0.2) is 0 Å². The number of carbonyl (C=O) groups excluding carboxylic acids is 4. The lowest BCUT2D eigenvalue weighted by molar-refractivity contribution is -0.123. The number of benzene rings is 2. The first-order valence-corrected chi connectivity index (χ1v) is 16.0. The van der Waals surface area contributed by atoms with E-state index in [1.165, 1.54) is 11.0 Å². The Balaban J connectivity index is 1.16. The molecule has 3 heterocycles. The molecule has 1 N–H and O–H groups in total. The Labute approximate surface area is 267 Å². The van der Waals surface area contributed by atoms with Crippen molar-refractivity contribution in [1.29, 1.82) is 0 Å². The van der Waals surface area contributed by atoms with E-state index in [1.54, 1.807) is 24.5 Å². The van der Waals surface area contributed by atoms with Gasteiger partial charge in [-0.2, -0.15) is 0 Å². The third-order valence-corrected chi connectivity index (χ3v) is 10.6. The Bertz CT molecular complexity index is 1810. The molecule has 9 nitrogen and oxygen atoms in total. The normalized spacial score (nSPS) is 27.6. The van der Waals surface area contributed by atoms with E-state index in [2.05, 4.69) is 20.8 Å². The van der Waals surface area contributed by atoms with Gasteiger partial charge in [-0.15, -0.1) is 0 Å². The third-order valence-electron chi connectivity index (χ3n) is 9.96. The van der Waals surface area contributed by atoms with Gasteiger partial charge in [0, 0.05) is 53.9 Å². The predicted octanol–water partition coefficient (Wildman–Crippen LogP) is 4.55. The van der Waals surface area contributed by atoms with E-state index in [-0.39, 0.29) is 40.0 Å². The van der Waals surface area contributed by atoms with Crippen LogP contribution in [0.25, 0.3) is 0 Å². The summed E-state index contributed by atoms with van der Waals surface area (Å²) in [6.45, 7) is 2.87. The van der Waals surface area contributed by atoms with Crippen LogP contribution in [-0.2, 0) is 30.3 Å². The van der Waals surface area contributed by atoms with Gasteiger partial charge in [0.1, 0.15) is 11.5 Å². The molecule has 2 aromatic rings. The highest BCUT2D eigenvalue weighted by molar-refractivity contribution is 9.12. The quantitative estimate of drug-likeness (QED) is 0.288. The molecule has 2 saturated heterocycles. The number of phenols is 1. The number of hydrogen-bond donors (Lipinski definition) is 1. The van der Waals surface area contributed by atoms with Crippen LogP contribution in [0.2, 0.25) is 0 Å². The first kappa shape index (κ1) is 28.2. The summed E-state index contributed by atoms with van der Waals surface area (Å²) >= 11 is 3.28. The lowest BCUT2D eigenvalue weighted by Gasteiger charge is -2.43. The fourth-order valence-electron chi connectivity index (χ4n) is 7.90. The van der Waals surface area contributed by atoms with Crippen LogP contribution >= 0.6 is 15.9 Å². The SMILES string of the molecule is O=C1C=C(Br)C(=O)C2=C1C(C1=COc3ccc(O)cc3C1)C1=CCC3C(=O)N(c4ccc(N5CCOCC5)cc4)C(=O)C3C1C2. The van der Waals surface area contributed by atoms with Gasteiger partial charge in [0.05, 0.1) is 41.5 Å². The maximum atomic E-state index is 14.2. The molecule has 6 aliphatic rings. The van der Waals surface area contributed by atoms with Crippen LogP contribution in [0, 0.1) is 23.7 Å². The number of aromatic hydroxyl groups is 1. The second kappa shape index (κ2) is 10.7. The number of halogens is 1. The van der Waals surface area contributed by atoms with Crippen molar-refractivity contribution in [2.75, 3.05) is 36.1 Å². The molecule has 2 amide bonds. The van der Waals surface area contributed by atoms with Crippen LogP contribution < -0.4 is 14.5 Å². The zero-order valence-electron chi connectivity index (χ0n) is 24.2. The molecule has 3 aliphatic heterocycles. The molecule has 4 unspecified atom stereocenters. The van der Waals surface area contributed by atoms with Gasteiger partial charge in [0.15, 0.2) is 11.6 Å². The van der Waals surface area contributed by atoms with Crippen molar-refractivity contribution in [2.45, 2.75) is 19.3 Å². The molecule has 4 atom stereocenters. The van der Waals surface area contributed by atoms with Crippen LogP contribution in [0.1, 0.15) is 18.4 Å². The Hall–Kier alpha value is -4.28. The van der Waals surface area contributed by atoms with Gasteiger partial charge < -0.3 is 19.5 Å². The number of allylic oxidation sites excluding steroid dienone is 7. The topological polar surface area (TPSA) is 113 Å². The number of ether oxygens (including phenoxy) is 2. The van der Waals surface area contributed by atoms with Crippen molar-refractivity contribution in [3.63, 3.8) is 0 Å². The molecule has 3 aliphatic carbocycles. The molecular formula is C35H29BrN2O7. The Kier molecular flexibility index (Phi) is 6.69. The number of rotatable bonds is 3. The standard InChI is InChI=1S/C35H29BrN2O7/c36-27-16-28(40)32-26(33(27)41)15-25-23(30(32)19-13-18-14-22(39)5-8-29(18)45-17-19)6-7-24-31(25)35(43)38(34(24)42)21-3-1-20(2-4-21)37-9-11-44-12-10-37/h1-6,8,14,16-17,24-25,30-31,39H,7,9-13,15H2. The number of amides is 2. The number of imide groups is 1. The number of anilines is 2. The number of phenolic OH excluding ortho intramolecular Hbond substituents is 1. The molecule has 2 aromatic carbocycles. The fourth-order valence-corrected chi connectivity index (χ4v) is 8.35. The van der Waals surface area contributed by atoms with Crippen LogP contribution in [0.3, 0.4) is 0 Å². The van der Waals surface area contributed by atoms with Crippen molar-refractivity contribution >= 4 is 50.7 Å². The average molecular weight is 670 g/mol. The summed E-state index contributed by atoms with van der Waals surface area (Å²) in [4.78, 5) is 58.7. The summed E-state index contributed by atoms with van der Waals surface area (Å²) in [6.07, 6.45) is 5.89. The van der Waals surface area contributed by atoms with Gasteiger partial charge in [-0.1, -0.05) is 11.6 Å². The number of Topliss-reactive ketones (excluding diaryl/α,β-unsaturated/α-hetero) is 1. The second-order valence-electron chi connectivity index (χ2n) is 12.3.